The standard InChI is InChI=1S/C11H13BrFN5/c1-2-5-14-7-11-15-16-17-18(11)10-4-3-8(13)6-9(10)12/h3-4,6,14H,2,5,7H2,1H3. The Labute approximate surface area is 113 Å². The zero-order valence-corrected chi connectivity index (χ0v) is 11.5. The first-order valence-electron chi connectivity index (χ1n) is 5.65. The minimum Gasteiger partial charge on any atom is -0.310 e. The quantitative estimate of drug-likeness (QED) is 0.859. The lowest BCUT2D eigenvalue weighted by molar-refractivity contribution is 0.620. The minimum absolute atomic E-state index is 0.302. The van der Waals surface area contributed by atoms with Crippen LogP contribution in [0.1, 0.15) is 19.2 Å². The van der Waals surface area contributed by atoms with Gasteiger partial charge in [-0.15, -0.1) is 5.10 Å². The van der Waals surface area contributed by atoms with Crippen LogP contribution in [0, 0.1) is 5.82 Å². The SMILES string of the molecule is CCCNCc1nnnn1-c1ccc(F)cc1Br. The third kappa shape index (κ3) is 2.91. The molecule has 0 atom stereocenters. The van der Waals surface area contributed by atoms with E-state index in [0.29, 0.717) is 16.8 Å². The Bertz CT molecular complexity index is 528. The van der Waals surface area contributed by atoms with E-state index in [1.807, 2.05) is 0 Å². The molecule has 1 N–H and O–H groups in total. The molecular weight excluding hydrogens is 301 g/mol. The third-order valence-corrected chi connectivity index (χ3v) is 3.02. The predicted octanol–water partition coefficient (Wildman–Crippen LogP) is 2.06. The highest BCUT2D eigenvalue weighted by Gasteiger charge is 2.11. The van der Waals surface area contributed by atoms with Gasteiger partial charge < -0.3 is 5.32 Å². The van der Waals surface area contributed by atoms with Gasteiger partial charge in [0, 0.05) is 4.47 Å². The van der Waals surface area contributed by atoms with Gasteiger partial charge in [0.1, 0.15) is 5.82 Å². The number of nitrogens with zero attached hydrogens (tertiary/aromatic N) is 4. The fraction of sp³-hybridized carbons (Fsp3) is 0.364. The summed E-state index contributed by atoms with van der Waals surface area (Å²) in [6, 6.07) is 4.41. The Balaban J connectivity index is 2.25. The number of aromatic nitrogens is 4. The first kappa shape index (κ1) is 13.1. The average molecular weight is 314 g/mol. The van der Waals surface area contributed by atoms with Crippen molar-refractivity contribution in [1.29, 1.82) is 0 Å². The molecule has 0 spiro atoms. The minimum atomic E-state index is -0.302. The van der Waals surface area contributed by atoms with E-state index in [1.54, 1.807) is 10.7 Å². The molecule has 18 heavy (non-hydrogen) atoms. The molecule has 0 unspecified atom stereocenters. The molecule has 0 radical (unpaired) electrons. The second-order valence-corrected chi connectivity index (χ2v) is 4.63. The van der Waals surface area contributed by atoms with Crippen molar-refractivity contribution in [3.8, 4) is 5.69 Å². The van der Waals surface area contributed by atoms with Gasteiger partial charge in [0.2, 0.25) is 0 Å². The summed E-state index contributed by atoms with van der Waals surface area (Å²) in [4.78, 5) is 0. The molecule has 2 aromatic rings. The molecule has 0 aliphatic rings. The Morgan fingerprint density at radius 3 is 3.00 bits per heavy atom. The molecule has 0 saturated carbocycles. The lowest BCUT2D eigenvalue weighted by Crippen LogP contribution is -2.17. The van der Waals surface area contributed by atoms with Crippen molar-refractivity contribution in [2.75, 3.05) is 6.54 Å². The Hall–Kier alpha value is -1.34. The second-order valence-electron chi connectivity index (χ2n) is 3.78. The van der Waals surface area contributed by atoms with Gasteiger partial charge in [-0.3, -0.25) is 0 Å². The van der Waals surface area contributed by atoms with Crippen molar-refractivity contribution >= 4 is 15.9 Å². The highest BCUT2D eigenvalue weighted by Crippen LogP contribution is 2.21. The van der Waals surface area contributed by atoms with Crippen molar-refractivity contribution in [3.05, 3.63) is 34.3 Å². The number of tetrazole rings is 1. The van der Waals surface area contributed by atoms with Crippen molar-refractivity contribution in [2.24, 2.45) is 0 Å². The third-order valence-electron chi connectivity index (χ3n) is 2.38. The van der Waals surface area contributed by atoms with Gasteiger partial charge in [0.15, 0.2) is 5.82 Å². The topological polar surface area (TPSA) is 55.6 Å². The van der Waals surface area contributed by atoms with Crippen molar-refractivity contribution < 1.29 is 4.39 Å². The van der Waals surface area contributed by atoms with Crippen molar-refractivity contribution in [1.82, 2.24) is 25.5 Å². The van der Waals surface area contributed by atoms with Crippen LogP contribution >= 0.6 is 15.9 Å². The summed E-state index contributed by atoms with van der Waals surface area (Å²) in [5, 5.41) is 14.7. The summed E-state index contributed by atoms with van der Waals surface area (Å²) in [6.07, 6.45) is 1.04. The largest absolute Gasteiger partial charge is 0.310 e. The molecule has 2 rings (SSSR count). The zero-order valence-electron chi connectivity index (χ0n) is 9.90. The number of halogens is 2. The lowest BCUT2D eigenvalue weighted by atomic mass is 10.3. The molecular formula is C11H13BrFN5. The van der Waals surface area contributed by atoms with Crippen LogP contribution < -0.4 is 5.32 Å². The fourth-order valence-electron chi connectivity index (χ4n) is 1.53. The Kier molecular flexibility index (Phi) is 4.38. The van der Waals surface area contributed by atoms with Gasteiger partial charge in [0.05, 0.1) is 12.2 Å². The summed E-state index contributed by atoms with van der Waals surface area (Å²) in [5.74, 6) is 0.389. The number of benzene rings is 1. The lowest BCUT2D eigenvalue weighted by Gasteiger charge is -2.07. The van der Waals surface area contributed by atoms with Gasteiger partial charge in [-0.25, -0.2) is 4.39 Å². The molecule has 96 valence electrons. The van der Waals surface area contributed by atoms with Gasteiger partial charge in [0.25, 0.3) is 0 Å². The summed E-state index contributed by atoms with van der Waals surface area (Å²) < 4.78 is 15.2. The molecule has 1 aromatic carbocycles. The normalized spacial score (nSPS) is 10.8. The van der Waals surface area contributed by atoms with E-state index in [4.69, 9.17) is 0 Å². The maximum atomic E-state index is 13.0. The van der Waals surface area contributed by atoms with E-state index in [0.717, 1.165) is 18.7 Å². The molecule has 1 heterocycles. The number of nitrogens with one attached hydrogen (secondary N) is 1. The van der Waals surface area contributed by atoms with E-state index >= 15 is 0 Å². The molecule has 0 aliphatic heterocycles. The maximum absolute atomic E-state index is 13.0. The van der Waals surface area contributed by atoms with E-state index < -0.39 is 0 Å². The Morgan fingerprint density at radius 2 is 2.28 bits per heavy atom. The number of hydrogen-bond acceptors (Lipinski definition) is 4. The Morgan fingerprint density at radius 1 is 1.44 bits per heavy atom. The summed E-state index contributed by atoms with van der Waals surface area (Å²) >= 11 is 3.31. The number of hydrogen-bond donors (Lipinski definition) is 1. The second kappa shape index (κ2) is 6.01. The predicted molar refractivity (Wildman–Crippen MR) is 68.8 cm³/mol. The monoisotopic (exact) mass is 313 g/mol. The highest BCUT2D eigenvalue weighted by molar-refractivity contribution is 9.10. The van der Waals surface area contributed by atoms with Crippen molar-refractivity contribution in [3.63, 3.8) is 0 Å². The first-order valence-corrected chi connectivity index (χ1v) is 6.45. The summed E-state index contributed by atoms with van der Waals surface area (Å²) in [5.41, 5.74) is 0.717. The summed E-state index contributed by atoms with van der Waals surface area (Å²) in [7, 11) is 0. The molecule has 0 fully saturated rings. The van der Waals surface area contributed by atoms with Crippen LogP contribution in [-0.2, 0) is 6.54 Å². The maximum Gasteiger partial charge on any atom is 0.170 e. The van der Waals surface area contributed by atoms with Crippen LogP contribution in [0.2, 0.25) is 0 Å². The van der Waals surface area contributed by atoms with Crippen LogP contribution in [0.3, 0.4) is 0 Å². The van der Waals surface area contributed by atoms with Crippen LogP contribution in [0.25, 0.3) is 5.69 Å². The van der Waals surface area contributed by atoms with Crippen LogP contribution in [0.15, 0.2) is 22.7 Å². The molecule has 1 aromatic heterocycles. The van der Waals surface area contributed by atoms with Gasteiger partial charge in [-0.1, -0.05) is 6.92 Å². The average Bonchev–Trinajstić information content (AvgIpc) is 2.78. The van der Waals surface area contributed by atoms with E-state index in [-0.39, 0.29) is 5.82 Å². The molecule has 0 saturated heterocycles. The van der Waals surface area contributed by atoms with E-state index in [1.165, 1.54) is 12.1 Å². The zero-order chi connectivity index (χ0) is 13.0. The van der Waals surface area contributed by atoms with Gasteiger partial charge in [-0.2, -0.15) is 4.68 Å². The number of rotatable bonds is 5. The smallest absolute Gasteiger partial charge is 0.170 e. The molecule has 5 nitrogen and oxygen atoms in total. The van der Waals surface area contributed by atoms with E-state index in [9.17, 15) is 4.39 Å². The van der Waals surface area contributed by atoms with Crippen molar-refractivity contribution in [2.45, 2.75) is 19.9 Å². The first-order chi connectivity index (χ1) is 8.72. The molecule has 0 amide bonds. The van der Waals surface area contributed by atoms with Gasteiger partial charge >= 0.3 is 0 Å². The van der Waals surface area contributed by atoms with Crippen LogP contribution in [0.4, 0.5) is 4.39 Å². The van der Waals surface area contributed by atoms with Crippen LogP contribution in [-0.4, -0.2) is 26.8 Å². The molecule has 7 heteroatoms. The summed E-state index contributed by atoms with van der Waals surface area (Å²) in [6.45, 7) is 3.56. The van der Waals surface area contributed by atoms with Crippen LogP contribution in [0.5, 0.6) is 0 Å². The molecule has 0 aliphatic carbocycles. The molecule has 0 bridgehead atoms. The van der Waals surface area contributed by atoms with Gasteiger partial charge in [-0.05, 0) is 57.5 Å². The van der Waals surface area contributed by atoms with E-state index in [2.05, 4.69) is 43.7 Å². The highest BCUT2D eigenvalue weighted by atomic mass is 79.9. The fourth-order valence-corrected chi connectivity index (χ4v) is 2.05.